The van der Waals surface area contributed by atoms with Crippen molar-refractivity contribution in [3.63, 3.8) is 0 Å². The van der Waals surface area contributed by atoms with E-state index in [9.17, 15) is 0 Å². The minimum Gasteiger partial charge on any atom is -0.301 e. The second kappa shape index (κ2) is 6.62. The van der Waals surface area contributed by atoms with Crippen LogP contribution in [0.15, 0.2) is 0 Å². The van der Waals surface area contributed by atoms with Crippen molar-refractivity contribution in [1.82, 2.24) is 5.39 Å². The van der Waals surface area contributed by atoms with Crippen molar-refractivity contribution >= 4 is 0 Å². The lowest BCUT2D eigenvalue weighted by Gasteiger charge is -2.29. The van der Waals surface area contributed by atoms with E-state index in [1.807, 2.05) is 20.0 Å². The number of rotatable bonds is 7. The van der Waals surface area contributed by atoms with Gasteiger partial charge >= 0.3 is 0 Å². The maximum Gasteiger partial charge on any atom is 0.155 e. The second-order valence-electron chi connectivity index (χ2n) is 3.18. The zero-order valence-corrected chi connectivity index (χ0v) is 8.95. The van der Waals surface area contributed by atoms with E-state index in [4.69, 9.17) is 17.2 Å². The first kappa shape index (κ1) is 13.2. The van der Waals surface area contributed by atoms with Crippen LogP contribution in [0.25, 0.3) is 0 Å². The summed E-state index contributed by atoms with van der Waals surface area (Å²) in [6.07, 6.45) is 9.46. The van der Waals surface area contributed by atoms with Crippen LogP contribution in [0.4, 0.5) is 0 Å². The molecule has 0 radical (unpaired) electrons. The fraction of sp³-hybridized carbons (Fsp3) is 0.778. The maximum absolute atomic E-state index is 5.34. The smallest absolute Gasteiger partial charge is 0.155 e. The van der Waals surface area contributed by atoms with Gasteiger partial charge in [-0.2, -0.15) is 10.8 Å². The molecule has 0 saturated carbocycles. The molecule has 1 atom stereocenters. The van der Waals surface area contributed by atoms with Crippen LogP contribution in [-0.4, -0.2) is 11.0 Å². The van der Waals surface area contributed by atoms with Gasteiger partial charge < -0.3 is 4.84 Å². The molecule has 0 heterocycles. The van der Waals surface area contributed by atoms with E-state index in [1.165, 1.54) is 0 Å². The topological polar surface area (TPSA) is 57.0 Å². The highest BCUT2D eigenvalue weighted by atomic mass is 17.2. The number of hydrogen-bond acceptors (Lipinski definition) is 5. The van der Waals surface area contributed by atoms with Crippen molar-refractivity contribution in [2.24, 2.45) is 5.90 Å². The van der Waals surface area contributed by atoms with Gasteiger partial charge in [0, 0.05) is 0 Å². The van der Waals surface area contributed by atoms with Gasteiger partial charge in [0.15, 0.2) is 5.39 Å². The predicted molar refractivity (Wildman–Crippen MR) is 51.7 cm³/mol. The van der Waals surface area contributed by atoms with Crippen molar-refractivity contribution in [2.45, 2.75) is 45.6 Å². The molecule has 0 saturated heterocycles. The highest BCUT2D eigenvalue weighted by Crippen LogP contribution is 2.22. The van der Waals surface area contributed by atoms with Gasteiger partial charge in [-0.3, -0.25) is 0 Å². The van der Waals surface area contributed by atoms with Crippen molar-refractivity contribution in [3.8, 4) is 12.5 Å². The Bertz CT molecular complexity index is 193. The monoisotopic (exact) mass is 202 g/mol. The van der Waals surface area contributed by atoms with E-state index in [1.54, 1.807) is 0 Å². The molecule has 0 aliphatic heterocycles. The summed E-state index contributed by atoms with van der Waals surface area (Å²) in [5.41, 5.74) is -0.384. The standard InChI is InChI=1S/C9H18N2O3/c1-5-8-9(4,6-2)13-11(14-10)12-7-3/h3H,5-6,8,10H2,1-2,4H3. The Balaban J connectivity index is 4.19. The number of nitrogens with zero attached hydrogens (tertiary/aromatic N) is 1. The Morgan fingerprint density at radius 2 is 2.14 bits per heavy atom. The van der Waals surface area contributed by atoms with E-state index in [-0.39, 0.29) is 5.60 Å². The third kappa shape index (κ3) is 4.44. The molecule has 0 spiro atoms. The van der Waals surface area contributed by atoms with Gasteiger partial charge in [0.2, 0.25) is 0 Å². The van der Waals surface area contributed by atoms with Gasteiger partial charge in [-0.25, -0.2) is 4.84 Å². The van der Waals surface area contributed by atoms with Crippen LogP contribution < -0.4 is 5.90 Å². The number of hydrogen-bond donors (Lipinski definition) is 1. The second-order valence-corrected chi connectivity index (χ2v) is 3.18. The van der Waals surface area contributed by atoms with E-state index in [0.717, 1.165) is 19.3 Å². The molecule has 0 fully saturated rings. The van der Waals surface area contributed by atoms with Gasteiger partial charge in [0.25, 0.3) is 0 Å². The molecule has 0 bridgehead atoms. The minimum atomic E-state index is -0.384. The van der Waals surface area contributed by atoms with E-state index in [0.29, 0.717) is 5.39 Å². The molecule has 0 rings (SSSR count). The molecule has 5 nitrogen and oxygen atoms in total. The van der Waals surface area contributed by atoms with Crippen LogP contribution >= 0.6 is 0 Å². The average molecular weight is 202 g/mol. The molecule has 0 aliphatic rings. The molecule has 5 heteroatoms. The average Bonchev–Trinajstić information content (AvgIpc) is 2.17. The van der Waals surface area contributed by atoms with Crippen LogP contribution in [-0.2, 0) is 14.6 Å². The first-order chi connectivity index (χ1) is 6.61. The van der Waals surface area contributed by atoms with Gasteiger partial charge in [0.05, 0.1) is 5.60 Å². The molecule has 0 aromatic rings. The third-order valence-electron chi connectivity index (χ3n) is 2.03. The zero-order chi connectivity index (χ0) is 11.0. The Labute approximate surface area is 84.9 Å². The van der Waals surface area contributed by atoms with Gasteiger partial charge in [-0.05, 0) is 19.8 Å². The Hall–Kier alpha value is -0.800. The predicted octanol–water partition coefficient (Wildman–Crippen LogP) is 1.52. The summed E-state index contributed by atoms with van der Waals surface area (Å²) >= 11 is 0. The zero-order valence-electron chi connectivity index (χ0n) is 8.95. The van der Waals surface area contributed by atoms with Crippen molar-refractivity contribution in [3.05, 3.63) is 0 Å². The Morgan fingerprint density at radius 3 is 2.50 bits per heavy atom. The molecule has 82 valence electrons. The van der Waals surface area contributed by atoms with Crippen molar-refractivity contribution < 1.29 is 14.6 Å². The Morgan fingerprint density at radius 1 is 1.50 bits per heavy atom. The van der Waals surface area contributed by atoms with Crippen molar-refractivity contribution in [2.75, 3.05) is 0 Å². The molecule has 1 unspecified atom stereocenters. The number of terminal acetylenes is 1. The highest BCUT2D eigenvalue weighted by molar-refractivity contribution is 4.71. The van der Waals surface area contributed by atoms with Crippen LogP contribution in [0.5, 0.6) is 0 Å². The summed E-state index contributed by atoms with van der Waals surface area (Å²) in [7, 11) is 0. The van der Waals surface area contributed by atoms with Crippen LogP contribution in [0.3, 0.4) is 0 Å². The van der Waals surface area contributed by atoms with Gasteiger partial charge in [0.1, 0.15) is 6.11 Å². The first-order valence-corrected chi connectivity index (χ1v) is 4.60. The summed E-state index contributed by atoms with van der Waals surface area (Å²) in [4.78, 5) is 14.1. The summed E-state index contributed by atoms with van der Waals surface area (Å²) in [5.74, 6) is 4.90. The number of nitrogens with two attached hydrogens (primary N) is 1. The van der Waals surface area contributed by atoms with Gasteiger partial charge in [-0.1, -0.05) is 26.7 Å². The van der Waals surface area contributed by atoms with Crippen molar-refractivity contribution in [1.29, 1.82) is 0 Å². The SMILES string of the molecule is C#CON(ON)OC(C)(CC)CCC. The summed E-state index contributed by atoms with van der Waals surface area (Å²) in [6.45, 7) is 6.00. The van der Waals surface area contributed by atoms with Crippen LogP contribution in [0.1, 0.15) is 40.0 Å². The Kier molecular flexibility index (Phi) is 6.25. The van der Waals surface area contributed by atoms with E-state index in [2.05, 4.69) is 16.7 Å². The molecule has 2 N–H and O–H groups in total. The lowest BCUT2D eigenvalue weighted by Crippen LogP contribution is -2.38. The lowest BCUT2D eigenvalue weighted by molar-refractivity contribution is -0.533. The maximum atomic E-state index is 5.34. The normalized spacial score (nSPS) is 14.9. The minimum absolute atomic E-state index is 0.384. The molecular weight excluding hydrogens is 184 g/mol. The van der Waals surface area contributed by atoms with Crippen LogP contribution in [0, 0.1) is 12.5 Å². The quantitative estimate of drug-likeness (QED) is 0.501. The van der Waals surface area contributed by atoms with Crippen LogP contribution in [0.2, 0.25) is 0 Å². The van der Waals surface area contributed by atoms with Gasteiger partial charge in [-0.15, -0.1) is 0 Å². The largest absolute Gasteiger partial charge is 0.301 e. The summed E-state index contributed by atoms with van der Waals surface area (Å²) in [6, 6.07) is 0. The molecule has 0 amide bonds. The fourth-order valence-electron chi connectivity index (χ4n) is 1.10. The summed E-state index contributed by atoms with van der Waals surface area (Å²) in [5, 5.41) is 0.638. The highest BCUT2D eigenvalue weighted by Gasteiger charge is 2.27. The third-order valence-corrected chi connectivity index (χ3v) is 2.03. The molecule has 0 aromatic carbocycles. The first-order valence-electron chi connectivity index (χ1n) is 4.60. The molecule has 0 aliphatic carbocycles. The molecule has 0 aromatic heterocycles. The molecule has 14 heavy (non-hydrogen) atoms. The fourth-order valence-corrected chi connectivity index (χ4v) is 1.10. The van der Waals surface area contributed by atoms with E-state index >= 15 is 0 Å². The van der Waals surface area contributed by atoms with E-state index < -0.39 is 0 Å². The summed E-state index contributed by atoms with van der Waals surface area (Å²) < 4.78 is 0. The lowest BCUT2D eigenvalue weighted by atomic mass is 9.98. The molecular formula is C9H18N2O3.